The van der Waals surface area contributed by atoms with Crippen molar-refractivity contribution in [2.24, 2.45) is 5.73 Å². The Morgan fingerprint density at radius 2 is 1.94 bits per heavy atom. The van der Waals surface area contributed by atoms with Crippen LogP contribution < -0.4 is 20.8 Å². The van der Waals surface area contributed by atoms with Crippen LogP contribution in [0.5, 0.6) is 5.75 Å². The van der Waals surface area contributed by atoms with Crippen molar-refractivity contribution in [1.29, 1.82) is 0 Å². The van der Waals surface area contributed by atoms with E-state index in [9.17, 15) is 27.5 Å². The molecule has 2 aliphatic rings. The van der Waals surface area contributed by atoms with Gasteiger partial charge in [0.2, 0.25) is 5.43 Å². The molecule has 2 aromatic rings. The van der Waals surface area contributed by atoms with Gasteiger partial charge in [-0.1, -0.05) is 0 Å². The number of aromatic nitrogens is 1. The topological polar surface area (TPSA) is 155 Å². The molecular formula is C20H27FN4O7S. The number of ether oxygens (including phenoxy) is 1. The molecule has 2 aliphatic heterocycles. The van der Waals surface area contributed by atoms with Crippen LogP contribution in [-0.4, -0.2) is 85.6 Å². The third-order valence-corrected chi connectivity index (χ3v) is 6.32. The van der Waals surface area contributed by atoms with Crippen molar-refractivity contribution in [2.75, 3.05) is 57.0 Å². The number of likely N-dealkylation sites (N-methyl/N-ethyl adjacent to an activating group) is 1. The maximum absolute atomic E-state index is 15.0. The lowest BCUT2D eigenvalue weighted by molar-refractivity contribution is 0.0694. The van der Waals surface area contributed by atoms with Crippen molar-refractivity contribution >= 4 is 32.7 Å². The van der Waals surface area contributed by atoms with Crippen molar-refractivity contribution < 1.29 is 32.0 Å². The summed E-state index contributed by atoms with van der Waals surface area (Å²) in [5.74, 6) is -1.90. The van der Waals surface area contributed by atoms with Gasteiger partial charge in [-0.05, 0) is 20.0 Å². The van der Waals surface area contributed by atoms with Crippen molar-refractivity contribution in [3.8, 4) is 5.75 Å². The monoisotopic (exact) mass is 486 g/mol. The van der Waals surface area contributed by atoms with E-state index in [1.807, 2.05) is 18.9 Å². The number of piperazine rings is 1. The Labute approximate surface area is 189 Å². The zero-order valence-corrected chi connectivity index (χ0v) is 19.1. The third kappa shape index (κ3) is 5.27. The molecule has 33 heavy (non-hydrogen) atoms. The summed E-state index contributed by atoms with van der Waals surface area (Å²) >= 11 is 0. The molecule has 1 atom stereocenters. The Kier molecular flexibility index (Phi) is 7.26. The second-order valence-corrected chi connectivity index (χ2v) is 9.61. The number of nitrogens with two attached hydrogens (primary N) is 1. The van der Waals surface area contributed by atoms with E-state index in [0.29, 0.717) is 30.0 Å². The molecule has 1 unspecified atom stereocenters. The van der Waals surface area contributed by atoms with Crippen LogP contribution in [0.3, 0.4) is 0 Å². The fourth-order valence-corrected chi connectivity index (χ4v) is 4.14. The van der Waals surface area contributed by atoms with Crippen LogP contribution in [0.4, 0.5) is 10.1 Å². The lowest BCUT2D eigenvalue weighted by Gasteiger charge is -2.37. The molecule has 1 aromatic heterocycles. The highest BCUT2D eigenvalue weighted by molar-refractivity contribution is 7.85. The molecule has 1 saturated heterocycles. The molecule has 0 bridgehead atoms. The van der Waals surface area contributed by atoms with Crippen molar-refractivity contribution in [3.05, 3.63) is 33.9 Å². The highest BCUT2D eigenvalue weighted by Gasteiger charge is 2.30. The van der Waals surface area contributed by atoms with E-state index >= 15 is 0 Å². The van der Waals surface area contributed by atoms with Gasteiger partial charge in [0.05, 0.1) is 22.7 Å². The molecule has 3 heterocycles. The summed E-state index contributed by atoms with van der Waals surface area (Å²) in [5.41, 5.74) is 4.55. The summed E-state index contributed by atoms with van der Waals surface area (Å²) in [5, 5.41) is 9.36. The molecule has 0 amide bonds. The molecule has 0 aliphatic carbocycles. The standard InChI is InChI=1S/C18H20FN3O4.C2H7NO3S/c1-10-9-26-17-14-11(16(23)12(18(24)25)8-22(10)14)7-13(19)15(17)21-5-3-20(2)4-6-21;3-1-2-7(4,5)6/h7-8,10H,3-6,9H2,1-2H3,(H,24,25);1-3H2,(H,4,5,6). The zero-order chi connectivity index (χ0) is 24.5. The first-order chi connectivity index (χ1) is 15.4. The van der Waals surface area contributed by atoms with Gasteiger partial charge in [-0.3, -0.25) is 9.35 Å². The van der Waals surface area contributed by atoms with E-state index < -0.39 is 27.3 Å². The normalized spacial score (nSPS) is 18.5. The minimum Gasteiger partial charge on any atom is -0.487 e. The predicted octanol–water partition coefficient (Wildman–Crippen LogP) is 0.377. The lowest BCUT2D eigenvalue weighted by Crippen LogP contribution is -2.45. The van der Waals surface area contributed by atoms with E-state index in [2.05, 4.69) is 4.90 Å². The Hall–Kier alpha value is -2.74. The van der Waals surface area contributed by atoms with Gasteiger partial charge in [0.25, 0.3) is 10.1 Å². The quantitative estimate of drug-likeness (QED) is 0.516. The first-order valence-corrected chi connectivity index (χ1v) is 11.9. The van der Waals surface area contributed by atoms with Gasteiger partial charge in [0.1, 0.15) is 17.9 Å². The molecule has 0 saturated carbocycles. The number of carboxylic acids is 1. The van der Waals surface area contributed by atoms with Gasteiger partial charge in [-0.15, -0.1) is 0 Å². The number of aromatic carboxylic acids is 1. The summed E-state index contributed by atoms with van der Waals surface area (Å²) in [7, 11) is -1.78. The smallest absolute Gasteiger partial charge is 0.341 e. The number of anilines is 1. The molecular weight excluding hydrogens is 459 g/mol. The number of pyridine rings is 1. The Balaban J connectivity index is 0.000000383. The molecule has 4 N–H and O–H groups in total. The molecule has 1 aromatic carbocycles. The maximum Gasteiger partial charge on any atom is 0.341 e. The van der Waals surface area contributed by atoms with Crippen molar-refractivity contribution in [2.45, 2.75) is 13.0 Å². The van der Waals surface area contributed by atoms with Gasteiger partial charge in [0.15, 0.2) is 11.6 Å². The molecule has 0 spiro atoms. The molecule has 11 nitrogen and oxygen atoms in total. The average molecular weight is 487 g/mol. The van der Waals surface area contributed by atoms with Crippen LogP contribution in [0, 0.1) is 5.82 Å². The van der Waals surface area contributed by atoms with Crippen LogP contribution in [0.25, 0.3) is 10.9 Å². The lowest BCUT2D eigenvalue weighted by atomic mass is 10.1. The first-order valence-electron chi connectivity index (χ1n) is 10.3. The second-order valence-electron chi connectivity index (χ2n) is 8.04. The number of hydrogen-bond acceptors (Lipinski definition) is 8. The maximum atomic E-state index is 15.0. The molecule has 1 fully saturated rings. The minimum absolute atomic E-state index is 0.0289. The third-order valence-electron chi connectivity index (χ3n) is 5.57. The van der Waals surface area contributed by atoms with Crippen LogP contribution >= 0.6 is 0 Å². The van der Waals surface area contributed by atoms with Gasteiger partial charge in [-0.25, -0.2) is 9.18 Å². The average Bonchev–Trinajstić information content (AvgIpc) is 2.72. The SMILES string of the molecule is CC1COc2c(N3CCN(C)CC3)c(F)cc3c(=O)c(C(=O)O)cn1c23.NCCS(=O)(=O)O. The van der Waals surface area contributed by atoms with Gasteiger partial charge in [0, 0.05) is 38.9 Å². The van der Waals surface area contributed by atoms with Gasteiger partial charge >= 0.3 is 5.97 Å². The first kappa shape index (κ1) is 24.9. The fourth-order valence-electron chi connectivity index (χ4n) is 3.84. The van der Waals surface area contributed by atoms with Crippen molar-refractivity contribution in [1.82, 2.24) is 9.47 Å². The molecule has 182 valence electrons. The van der Waals surface area contributed by atoms with E-state index in [4.69, 9.17) is 15.0 Å². The van der Waals surface area contributed by atoms with E-state index in [0.717, 1.165) is 19.2 Å². The van der Waals surface area contributed by atoms with E-state index in [1.165, 1.54) is 6.20 Å². The van der Waals surface area contributed by atoms with E-state index in [-0.39, 0.29) is 35.9 Å². The van der Waals surface area contributed by atoms with Crippen molar-refractivity contribution in [3.63, 3.8) is 0 Å². The minimum atomic E-state index is -3.80. The van der Waals surface area contributed by atoms with Crippen LogP contribution in [0.15, 0.2) is 17.1 Å². The molecule has 13 heteroatoms. The number of carbonyl (C=O) groups is 1. The van der Waals surface area contributed by atoms with Crippen LogP contribution in [0.1, 0.15) is 23.3 Å². The summed E-state index contributed by atoms with van der Waals surface area (Å²) in [6.45, 7) is 5.05. The predicted molar refractivity (Wildman–Crippen MR) is 121 cm³/mol. The number of carboxylic acid groups (broad SMARTS) is 1. The van der Waals surface area contributed by atoms with Crippen LogP contribution in [-0.2, 0) is 10.1 Å². The Bertz CT molecular complexity index is 1220. The van der Waals surface area contributed by atoms with E-state index in [1.54, 1.807) is 4.57 Å². The van der Waals surface area contributed by atoms with Crippen LogP contribution in [0.2, 0.25) is 0 Å². The number of nitrogens with zero attached hydrogens (tertiary/aromatic N) is 3. The highest BCUT2D eigenvalue weighted by Crippen LogP contribution is 2.42. The number of rotatable bonds is 4. The Morgan fingerprint density at radius 1 is 1.30 bits per heavy atom. The number of benzene rings is 1. The highest BCUT2D eigenvalue weighted by atomic mass is 32.2. The molecule has 4 rings (SSSR count). The second kappa shape index (κ2) is 9.63. The molecule has 0 radical (unpaired) electrons. The summed E-state index contributed by atoms with van der Waals surface area (Å²) in [4.78, 5) is 28.1. The largest absolute Gasteiger partial charge is 0.487 e. The van der Waals surface area contributed by atoms with Gasteiger partial charge in [-0.2, -0.15) is 8.42 Å². The number of halogens is 1. The summed E-state index contributed by atoms with van der Waals surface area (Å²) in [6, 6.07) is 0.994. The number of hydrogen-bond donors (Lipinski definition) is 3. The summed E-state index contributed by atoms with van der Waals surface area (Å²) < 4.78 is 49.9. The Morgan fingerprint density at radius 3 is 2.45 bits per heavy atom. The zero-order valence-electron chi connectivity index (χ0n) is 18.3. The summed E-state index contributed by atoms with van der Waals surface area (Å²) in [6.07, 6.45) is 1.34. The van der Waals surface area contributed by atoms with Gasteiger partial charge < -0.3 is 29.9 Å². The fraction of sp³-hybridized carbons (Fsp3) is 0.500.